The van der Waals surface area contributed by atoms with Crippen LogP contribution in [0.1, 0.15) is 18.4 Å². The number of nitrogens with zero attached hydrogens (tertiary/aromatic N) is 1. The third kappa shape index (κ3) is 4.37. The van der Waals surface area contributed by atoms with Gasteiger partial charge in [-0.25, -0.2) is 4.98 Å². The summed E-state index contributed by atoms with van der Waals surface area (Å²) in [7, 11) is 0. The summed E-state index contributed by atoms with van der Waals surface area (Å²) in [5.74, 6) is 0. The molecular formula is C11H16BrClN2O. The molecule has 1 aromatic heterocycles. The minimum atomic E-state index is 0. The normalized spacial score (nSPS) is 19.4. The van der Waals surface area contributed by atoms with Gasteiger partial charge in [-0.15, -0.1) is 12.4 Å². The van der Waals surface area contributed by atoms with Crippen molar-refractivity contribution in [3.05, 3.63) is 28.5 Å². The van der Waals surface area contributed by atoms with E-state index in [1.54, 1.807) is 6.20 Å². The lowest BCUT2D eigenvalue weighted by Crippen LogP contribution is -2.26. The lowest BCUT2D eigenvalue weighted by Gasteiger charge is -2.10. The van der Waals surface area contributed by atoms with E-state index < -0.39 is 0 Å². The van der Waals surface area contributed by atoms with Crippen molar-refractivity contribution in [2.24, 2.45) is 0 Å². The molecule has 1 unspecified atom stereocenters. The van der Waals surface area contributed by atoms with E-state index in [4.69, 9.17) is 4.74 Å². The average Bonchev–Trinajstić information content (AvgIpc) is 2.71. The zero-order valence-corrected chi connectivity index (χ0v) is 11.4. The van der Waals surface area contributed by atoms with Crippen molar-refractivity contribution in [3.8, 4) is 0 Å². The molecule has 5 heteroatoms. The van der Waals surface area contributed by atoms with Crippen LogP contribution in [-0.2, 0) is 11.3 Å². The van der Waals surface area contributed by atoms with Crippen molar-refractivity contribution < 1.29 is 4.74 Å². The number of aromatic nitrogens is 1. The van der Waals surface area contributed by atoms with Gasteiger partial charge in [0.2, 0.25) is 0 Å². The molecule has 1 saturated heterocycles. The standard InChI is InChI=1S/C11H15BrN2O.ClH/c12-11-6-9(3-5-14-11)7-15-8-10-2-1-4-13-10;/h3,5-6,10,13H,1-2,4,7-8H2;1H. The van der Waals surface area contributed by atoms with Crippen LogP contribution in [-0.4, -0.2) is 24.2 Å². The van der Waals surface area contributed by atoms with Gasteiger partial charge in [0.15, 0.2) is 0 Å². The quantitative estimate of drug-likeness (QED) is 0.868. The minimum absolute atomic E-state index is 0. The molecule has 1 aliphatic heterocycles. The molecule has 1 aliphatic rings. The van der Waals surface area contributed by atoms with E-state index in [1.165, 1.54) is 12.8 Å². The van der Waals surface area contributed by atoms with Gasteiger partial charge in [-0.1, -0.05) is 0 Å². The first-order valence-electron chi connectivity index (χ1n) is 5.26. The monoisotopic (exact) mass is 306 g/mol. The molecule has 1 fully saturated rings. The molecule has 90 valence electrons. The van der Waals surface area contributed by atoms with Gasteiger partial charge < -0.3 is 10.1 Å². The van der Waals surface area contributed by atoms with Gasteiger partial charge in [-0.05, 0) is 53.0 Å². The van der Waals surface area contributed by atoms with E-state index in [0.717, 1.165) is 23.3 Å². The summed E-state index contributed by atoms with van der Waals surface area (Å²) in [4.78, 5) is 4.07. The number of nitrogens with one attached hydrogen (secondary N) is 1. The molecule has 2 rings (SSSR count). The van der Waals surface area contributed by atoms with Crippen molar-refractivity contribution in [1.29, 1.82) is 0 Å². The molecule has 0 bridgehead atoms. The van der Waals surface area contributed by atoms with Crippen LogP contribution in [0.2, 0.25) is 0 Å². The maximum Gasteiger partial charge on any atom is 0.106 e. The van der Waals surface area contributed by atoms with Gasteiger partial charge in [0.05, 0.1) is 13.2 Å². The predicted octanol–water partition coefficient (Wildman–Crippen LogP) is 2.53. The fraction of sp³-hybridized carbons (Fsp3) is 0.545. The van der Waals surface area contributed by atoms with Gasteiger partial charge in [-0.2, -0.15) is 0 Å². The molecule has 16 heavy (non-hydrogen) atoms. The van der Waals surface area contributed by atoms with E-state index >= 15 is 0 Å². The number of halogens is 2. The fourth-order valence-corrected chi connectivity index (χ4v) is 2.16. The van der Waals surface area contributed by atoms with Crippen molar-refractivity contribution in [1.82, 2.24) is 10.3 Å². The van der Waals surface area contributed by atoms with Gasteiger partial charge in [0, 0.05) is 12.2 Å². The zero-order valence-electron chi connectivity index (χ0n) is 8.99. The first-order valence-corrected chi connectivity index (χ1v) is 6.05. The van der Waals surface area contributed by atoms with E-state index in [0.29, 0.717) is 12.6 Å². The maximum atomic E-state index is 5.65. The molecule has 1 N–H and O–H groups in total. The van der Waals surface area contributed by atoms with Crippen LogP contribution >= 0.6 is 28.3 Å². The highest BCUT2D eigenvalue weighted by Crippen LogP contribution is 2.10. The molecule has 0 amide bonds. The van der Waals surface area contributed by atoms with E-state index in [1.807, 2.05) is 12.1 Å². The molecule has 0 aliphatic carbocycles. The van der Waals surface area contributed by atoms with Crippen molar-refractivity contribution in [2.45, 2.75) is 25.5 Å². The highest BCUT2D eigenvalue weighted by Gasteiger charge is 2.13. The van der Waals surface area contributed by atoms with Gasteiger partial charge in [0.1, 0.15) is 4.60 Å². The van der Waals surface area contributed by atoms with Crippen LogP contribution in [0, 0.1) is 0 Å². The summed E-state index contributed by atoms with van der Waals surface area (Å²) in [6, 6.07) is 4.52. The molecule has 0 spiro atoms. The zero-order chi connectivity index (χ0) is 10.5. The lowest BCUT2D eigenvalue weighted by molar-refractivity contribution is 0.103. The largest absolute Gasteiger partial charge is 0.375 e. The molecule has 0 aromatic carbocycles. The Morgan fingerprint density at radius 3 is 3.12 bits per heavy atom. The summed E-state index contributed by atoms with van der Waals surface area (Å²) in [6.45, 7) is 2.61. The van der Waals surface area contributed by atoms with Crippen molar-refractivity contribution in [2.75, 3.05) is 13.2 Å². The molecule has 0 saturated carbocycles. The molecule has 1 atom stereocenters. The first kappa shape index (κ1) is 13.9. The van der Waals surface area contributed by atoms with Gasteiger partial charge in [-0.3, -0.25) is 0 Å². The van der Waals surface area contributed by atoms with Crippen LogP contribution in [0.25, 0.3) is 0 Å². The SMILES string of the molecule is Brc1cc(COCC2CCCN2)ccn1.Cl. The third-order valence-corrected chi connectivity index (χ3v) is 2.97. The Morgan fingerprint density at radius 2 is 2.44 bits per heavy atom. The number of pyridine rings is 1. The summed E-state index contributed by atoms with van der Waals surface area (Å²) in [5, 5.41) is 3.41. The second-order valence-electron chi connectivity index (χ2n) is 3.80. The Bertz CT molecular complexity index is 319. The van der Waals surface area contributed by atoms with Crippen LogP contribution < -0.4 is 5.32 Å². The summed E-state index contributed by atoms with van der Waals surface area (Å²) < 4.78 is 6.51. The van der Waals surface area contributed by atoms with Gasteiger partial charge in [0.25, 0.3) is 0 Å². The molecule has 1 aromatic rings. The highest BCUT2D eigenvalue weighted by atomic mass is 79.9. The fourth-order valence-electron chi connectivity index (χ4n) is 1.75. The molecular weight excluding hydrogens is 291 g/mol. The third-order valence-electron chi connectivity index (χ3n) is 2.54. The van der Waals surface area contributed by atoms with Crippen molar-refractivity contribution >= 4 is 28.3 Å². The molecule has 2 heterocycles. The minimum Gasteiger partial charge on any atom is -0.375 e. The Balaban J connectivity index is 0.00000128. The average molecular weight is 308 g/mol. The van der Waals surface area contributed by atoms with Crippen LogP contribution in [0.4, 0.5) is 0 Å². The van der Waals surface area contributed by atoms with Crippen molar-refractivity contribution in [3.63, 3.8) is 0 Å². The Hall–Kier alpha value is -0.160. The Morgan fingerprint density at radius 1 is 1.56 bits per heavy atom. The molecule has 0 radical (unpaired) electrons. The lowest BCUT2D eigenvalue weighted by atomic mass is 10.2. The van der Waals surface area contributed by atoms with Crippen LogP contribution in [0.15, 0.2) is 22.9 Å². The summed E-state index contributed by atoms with van der Waals surface area (Å²) in [5.41, 5.74) is 1.16. The van der Waals surface area contributed by atoms with E-state index in [2.05, 4.69) is 26.2 Å². The van der Waals surface area contributed by atoms with E-state index in [-0.39, 0.29) is 12.4 Å². The summed E-state index contributed by atoms with van der Waals surface area (Å²) >= 11 is 3.34. The number of rotatable bonds is 4. The second-order valence-corrected chi connectivity index (χ2v) is 4.61. The topological polar surface area (TPSA) is 34.1 Å². The van der Waals surface area contributed by atoms with Crippen LogP contribution in [0.3, 0.4) is 0 Å². The smallest absolute Gasteiger partial charge is 0.106 e. The second kappa shape index (κ2) is 7.22. The highest BCUT2D eigenvalue weighted by molar-refractivity contribution is 9.10. The predicted molar refractivity (Wildman–Crippen MR) is 69.9 cm³/mol. The summed E-state index contributed by atoms with van der Waals surface area (Å²) in [6.07, 6.45) is 4.30. The Kier molecular flexibility index (Phi) is 6.28. The van der Waals surface area contributed by atoms with E-state index in [9.17, 15) is 0 Å². The maximum absolute atomic E-state index is 5.65. The van der Waals surface area contributed by atoms with Gasteiger partial charge >= 0.3 is 0 Å². The molecule has 3 nitrogen and oxygen atoms in total. The van der Waals surface area contributed by atoms with Crippen LogP contribution in [0.5, 0.6) is 0 Å². The Labute approximate surface area is 111 Å². The first-order chi connectivity index (χ1) is 7.34. The number of hydrogen-bond donors (Lipinski definition) is 1. The number of ether oxygens (including phenoxy) is 1. The number of hydrogen-bond acceptors (Lipinski definition) is 3.